The molecule has 1 amide bonds. The Morgan fingerprint density at radius 1 is 1.35 bits per heavy atom. The molecule has 1 N–H and O–H groups in total. The van der Waals surface area contributed by atoms with Gasteiger partial charge >= 0.3 is 0 Å². The van der Waals surface area contributed by atoms with Crippen molar-refractivity contribution in [1.82, 2.24) is 20.0 Å². The summed E-state index contributed by atoms with van der Waals surface area (Å²) in [7, 11) is 0. The molecule has 23 heavy (non-hydrogen) atoms. The summed E-state index contributed by atoms with van der Waals surface area (Å²) < 4.78 is 7.95. The molecule has 0 aliphatic carbocycles. The van der Waals surface area contributed by atoms with Crippen LogP contribution in [0.25, 0.3) is 11.4 Å². The quantitative estimate of drug-likeness (QED) is 0.744. The van der Waals surface area contributed by atoms with Crippen LogP contribution in [0.5, 0.6) is 0 Å². The van der Waals surface area contributed by atoms with E-state index in [2.05, 4.69) is 31.4 Å². The van der Waals surface area contributed by atoms with Crippen LogP contribution in [-0.4, -0.2) is 20.6 Å². The van der Waals surface area contributed by atoms with Gasteiger partial charge < -0.3 is 14.4 Å². The standard InChI is InChI=1S/C16H15BrN4O2/c1-11(21-7-2-3-8-21)16(22)18-10-14-19-15(20-23-14)12-5-4-6-13(17)9-12/h2-9,11H,10H2,1H3,(H,18,22)/t11-/m0/s1. The van der Waals surface area contributed by atoms with Crippen LogP contribution in [0.4, 0.5) is 0 Å². The molecule has 3 rings (SSSR count). The fourth-order valence-corrected chi connectivity index (χ4v) is 2.52. The SMILES string of the molecule is C[C@@H](C(=O)NCc1nc(-c2cccc(Br)c2)no1)n1cccc1. The molecule has 0 saturated heterocycles. The van der Waals surface area contributed by atoms with Crippen LogP contribution < -0.4 is 5.32 Å². The van der Waals surface area contributed by atoms with Crippen LogP contribution in [0.3, 0.4) is 0 Å². The maximum absolute atomic E-state index is 12.1. The first-order valence-electron chi connectivity index (χ1n) is 7.12. The zero-order valence-electron chi connectivity index (χ0n) is 12.4. The molecule has 0 aliphatic heterocycles. The summed E-state index contributed by atoms with van der Waals surface area (Å²) in [5.41, 5.74) is 0.849. The first-order chi connectivity index (χ1) is 11.1. The minimum atomic E-state index is -0.294. The molecule has 0 fully saturated rings. The Balaban J connectivity index is 1.62. The van der Waals surface area contributed by atoms with Gasteiger partial charge in [0.2, 0.25) is 17.6 Å². The number of carbonyl (C=O) groups is 1. The number of nitrogens with zero attached hydrogens (tertiary/aromatic N) is 3. The van der Waals surface area contributed by atoms with Crippen molar-refractivity contribution in [3.63, 3.8) is 0 Å². The van der Waals surface area contributed by atoms with Crippen molar-refractivity contribution in [3.8, 4) is 11.4 Å². The second-order valence-corrected chi connectivity index (χ2v) is 5.96. The van der Waals surface area contributed by atoms with Crippen molar-refractivity contribution in [1.29, 1.82) is 0 Å². The van der Waals surface area contributed by atoms with Crippen LogP contribution in [0.1, 0.15) is 18.9 Å². The first-order valence-corrected chi connectivity index (χ1v) is 7.91. The van der Waals surface area contributed by atoms with Gasteiger partial charge in [0.15, 0.2) is 0 Å². The molecule has 2 aromatic heterocycles. The Kier molecular flexibility index (Phi) is 4.57. The number of benzene rings is 1. The molecule has 0 bridgehead atoms. The van der Waals surface area contributed by atoms with E-state index in [4.69, 9.17) is 4.52 Å². The Labute approximate surface area is 141 Å². The number of hydrogen-bond acceptors (Lipinski definition) is 4. The number of hydrogen-bond donors (Lipinski definition) is 1. The summed E-state index contributed by atoms with van der Waals surface area (Å²) in [6.45, 7) is 2.03. The molecule has 118 valence electrons. The third-order valence-corrected chi connectivity index (χ3v) is 3.91. The van der Waals surface area contributed by atoms with Crippen molar-refractivity contribution in [2.45, 2.75) is 19.5 Å². The van der Waals surface area contributed by atoms with Crippen LogP contribution in [0.15, 0.2) is 57.8 Å². The van der Waals surface area contributed by atoms with Gasteiger partial charge in [-0.3, -0.25) is 4.79 Å². The van der Waals surface area contributed by atoms with Crippen LogP contribution in [0.2, 0.25) is 0 Å². The molecule has 2 heterocycles. The zero-order valence-corrected chi connectivity index (χ0v) is 14.0. The topological polar surface area (TPSA) is 73.0 Å². The second-order valence-electron chi connectivity index (χ2n) is 5.05. The third-order valence-electron chi connectivity index (χ3n) is 3.42. The van der Waals surface area contributed by atoms with Crippen LogP contribution >= 0.6 is 15.9 Å². The largest absolute Gasteiger partial charge is 0.345 e. The second kappa shape index (κ2) is 6.78. The summed E-state index contributed by atoms with van der Waals surface area (Å²) in [4.78, 5) is 16.4. The van der Waals surface area contributed by atoms with Gasteiger partial charge in [0, 0.05) is 22.4 Å². The monoisotopic (exact) mass is 374 g/mol. The molecule has 1 aromatic carbocycles. The van der Waals surface area contributed by atoms with Gasteiger partial charge in [0.05, 0.1) is 6.54 Å². The van der Waals surface area contributed by atoms with E-state index in [-0.39, 0.29) is 18.5 Å². The maximum Gasteiger partial charge on any atom is 0.246 e. The van der Waals surface area contributed by atoms with Gasteiger partial charge in [-0.25, -0.2) is 0 Å². The molecule has 0 unspecified atom stereocenters. The fraction of sp³-hybridized carbons (Fsp3) is 0.188. The van der Waals surface area contributed by atoms with E-state index in [1.165, 1.54) is 0 Å². The van der Waals surface area contributed by atoms with Gasteiger partial charge in [-0.1, -0.05) is 33.2 Å². The lowest BCUT2D eigenvalue weighted by Gasteiger charge is -2.12. The highest BCUT2D eigenvalue weighted by molar-refractivity contribution is 9.10. The number of rotatable bonds is 5. The normalized spacial score (nSPS) is 12.1. The molecule has 0 saturated carbocycles. The van der Waals surface area contributed by atoms with Gasteiger partial charge in [-0.2, -0.15) is 4.98 Å². The molecule has 6 nitrogen and oxygen atoms in total. The average molecular weight is 375 g/mol. The van der Waals surface area contributed by atoms with Crippen molar-refractivity contribution in [2.24, 2.45) is 0 Å². The Morgan fingerprint density at radius 3 is 2.87 bits per heavy atom. The minimum absolute atomic E-state index is 0.108. The van der Waals surface area contributed by atoms with Crippen molar-refractivity contribution in [2.75, 3.05) is 0 Å². The molecule has 1 atom stereocenters. The number of halogens is 1. The lowest BCUT2D eigenvalue weighted by Crippen LogP contribution is -2.30. The molecular formula is C16H15BrN4O2. The van der Waals surface area contributed by atoms with Gasteiger partial charge in [-0.15, -0.1) is 0 Å². The minimum Gasteiger partial charge on any atom is -0.345 e. The molecular weight excluding hydrogens is 360 g/mol. The smallest absolute Gasteiger partial charge is 0.246 e. The van der Waals surface area contributed by atoms with E-state index >= 15 is 0 Å². The Bertz CT molecular complexity index is 798. The third kappa shape index (κ3) is 3.68. The Hall–Kier alpha value is -2.41. The van der Waals surface area contributed by atoms with E-state index in [1.807, 2.05) is 60.3 Å². The Morgan fingerprint density at radius 2 is 2.13 bits per heavy atom. The molecule has 3 aromatic rings. The molecule has 0 aliphatic rings. The van der Waals surface area contributed by atoms with E-state index in [0.717, 1.165) is 10.0 Å². The van der Waals surface area contributed by atoms with E-state index in [1.54, 1.807) is 0 Å². The fourth-order valence-electron chi connectivity index (χ4n) is 2.12. The average Bonchev–Trinajstić information content (AvgIpc) is 3.23. The lowest BCUT2D eigenvalue weighted by molar-refractivity contribution is -0.124. The van der Waals surface area contributed by atoms with Gasteiger partial charge in [-0.05, 0) is 31.2 Å². The number of nitrogens with one attached hydrogen (secondary N) is 1. The summed E-state index contributed by atoms with van der Waals surface area (Å²) >= 11 is 3.41. The number of amides is 1. The van der Waals surface area contributed by atoms with Crippen molar-refractivity contribution >= 4 is 21.8 Å². The molecule has 0 spiro atoms. The van der Waals surface area contributed by atoms with Crippen LogP contribution in [-0.2, 0) is 11.3 Å². The van der Waals surface area contributed by atoms with E-state index in [0.29, 0.717) is 11.7 Å². The lowest BCUT2D eigenvalue weighted by atomic mass is 10.2. The van der Waals surface area contributed by atoms with Gasteiger partial charge in [0.25, 0.3) is 0 Å². The highest BCUT2D eigenvalue weighted by Gasteiger charge is 2.15. The van der Waals surface area contributed by atoms with Crippen molar-refractivity contribution in [3.05, 3.63) is 59.2 Å². The predicted molar refractivity (Wildman–Crippen MR) is 88.4 cm³/mol. The predicted octanol–water partition coefficient (Wildman–Crippen LogP) is 3.18. The highest BCUT2D eigenvalue weighted by atomic mass is 79.9. The summed E-state index contributed by atoms with van der Waals surface area (Å²) in [6.07, 6.45) is 3.70. The van der Waals surface area contributed by atoms with Crippen LogP contribution in [0, 0.1) is 0 Å². The maximum atomic E-state index is 12.1. The zero-order chi connectivity index (χ0) is 16.2. The summed E-state index contributed by atoms with van der Waals surface area (Å²) in [5, 5.41) is 6.73. The summed E-state index contributed by atoms with van der Waals surface area (Å²) in [6, 6.07) is 11.1. The van der Waals surface area contributed by atoms with Gasteiger partial charge in [0.1, 0.15) is 6.04 Å². The molecule has 7 heteroatoms. The first kappa shape index (κ1) is 15.5. The number of carbonyl (C=O) groups excluding carboxylic acids is 1. The van der Waals surface area contributed by atoms with Crippen molar-refractivity contribution < 1.29 is 9.32 Å². The van der Waals surface area contributed by atoms with E-state index < -0.39 is 0 Å². The summed E-state index contributed by atoms with van der Waals surface area (Å²) in [5.74, 6) is 0.755. The number of aromatic nitrogens is 3. The van der Waals surface area contributed by atoms with E-state index in [9.17, 15) is 4.79 Å². The molecule has 0 radical (unpaired) electrons. The highest BCUT2D eigenvalue weighted by Crippen LogP contribution is 2.20.